The van der Waals surface area contributed by atoms with Crippen LogP contribution in [0, 0.1) is 0 Å². The van der Waals surface area contributed by atoms with Crippen molar-refractivity contribution >= 4 is 24.7 Å². The van der Waals surface area contributed by atoms with E-state index in [4.69, 9.17) is 0 Å². The molecule has 0 saturated heterocycles. The van der Waals surface area contributed by atoms with Crippen molar-refractivity contribution in [2.75, 3.05) is 5.32 Å². The van der Waals surface area contributed by atoms with Crippen molar-refractivity contribution < 1.29 is 0 Å². The van der Waals surface area contributed by atoms with Crippen molar-refractivity contribution in [1.29, 1.82) is 0 Å². The van der Waals surface area contributed by atoms with E-state index in [1.54, 1.807) is 0 Å². The van der Waals surface area contributed by atoms with E-state index in [1.165, 1.54) is 16.7 Å². The Morgan fingerprint density at radius 2 is 1.61 bits per heavy atom. The van der Waals surface area contributed by atoms with Gasteiger partial charge >= 0.3 is 0 Å². The zero-order chi connectivity index (χ0) is 13.2. The minimum absolute atomic E-state index is 0.181. The molecule has 0 aromatic heterocycles. The fraction of sp³-hybridized carbons (Fsp3) is 0.250. The zero-order valence-electron chi connectivity index (χ0n) is 11.6. The summed E-state index contributed by atoms with van der Waals surface area (Å²) in [6, 6.07) is 17.0. The summed E-state index contributed by atoms with van der Waals surface area (Å²) in [6.45, 7) is 6.72. The Morgan fingerprint density at radius 3 is 2.22 bits per heavy atom. The first kappa shape index (κ1) is 12.8. The fourth-order valence-corrected chi connectivity index (χ4v) is 1.90. The SMILES string of the molecule is Bc1ccc(C(C)(C)C)cc1Nc1ccccc1. The Hall–Kier alpha value is -1.70. The number of benzene rings is 2. The van der Waals surface area contributed by atoms with Crippen LogP contribution < -0.4 is 10.8 Å². The summed E-state index contributed by atoms with van der Waals surface area (Å²) in [5.41, 5.74) is 5.12. The van der Waals surface area contributed by atoms with Gasteiger partial charge in [-0.15, -0.1) is 0 Å². The van der Waals surface area contributed by atoms with Crippen LogP contribution in [0.2, 0.25) is 0 Å². The van der Waals surface area contributed by atoms with Gasteiger partial charge < -0.3 is 5.32 Å². The lowest BCUT2D eigenvalue weighted by Gasteiger charge is -2.21. The van der Waals surface area contributed by atoms with Gasteiger partial charge in [0.25, 0.3) is 0 Å². The molecule has 0 atom stereocenters. The number of nitrogens with one attached hydrogen (secondary N) is 1. The lowest BCUT2D eigenvalue weighted by molar-refractivity contribution is 0.590. The average molecular weight is 237 g/mol. The third-order valence-electron chi connectivity index (χ3n) is 3.16. The molecule has 0 aliphatic carbocycles. The molecule has 2 aromatic rings. The Morgan fingerprint density at radius 1 is 0.944 bits per heavy atom. The van der Waals surface area contributed by atoms with E-state index in [-0.39, 0.29) is 5.41 Å². The van der Waals surface area contributed by atoms with Crippen molar-refractivity contribution in [3.05, 3.63) is 54.1 Å². The maximum absolute atomic E-state index is 3.48. The molecule has 0 fully saturated rings. The molecule has 0 unspecified atom stereocenters. The van der Waals surface area contributed by atoms with Gasteiger partial charge in [0.15, 0.2) is 0 Å². The molecule has 1 nitrogen and oxygen atoms in total. The summed E-state index contributed by atoms with van der Waals surface area (Å²) >= 11 is 0. The number of rotatable bonds is 2. The highest BCUT2D eigenvalue weighted by molar-refractivity contribution is 6.36. The van der Waals surface area contributed by atoms with Crippen molar-refractivity contribution in [3.8, 4) is 0 Å². The zero-order valence-corrected chi connectivity index (χ0v) is 11.6. The van der Waals surface area contributed by atoms with Gasteiger partial charge in [-0.3, -0.25) is 0 Å². The van der Waals surface area contributed by atoms with Gasteiger partial charge in [0.05, 0.1) is 0 Å². The van der Waals surface area contributed by atoms with Crippen molar-refractivity contribution in [3.63, 3.8) is 0 Å². The number of hydrogen-bond acceptors (Lipinski definition) is 1. The molecule has 0 aliphatic rings. The second-order valence-corrected chi connectivity index (χ2v) is 5.77. The van der Waals surface area contributed by atoms with Crippen molar-refractivity contribution in [2.45, 2.75) is 26.2 Å². The Balaban J connectivity index is 2.33. The molecule has 2 rings (SSSR count). The van der Waals surface area contributed by atoms with Crippen LogP contribution in [-0.2, 0) is 5.41 Å². The molecule has 0 saturated carbocycles. The highest BCUT2D eigenvalue weighted by Crippen LogP contribution is 2.24. The van der Waals surface area contributed by atoms with Crippen LogP contribution in [0.5, 0.6) is 0 Å². The number of para-hydroxylation sites is 1. The summed E-state index contributed by atoms with van der Waals surface area (Å²) in [4.78, 5) is 0. The number of anilines is 2. The third-order valence-corrected chi connectivity index (χ3v) is 3.16. The lowest BCUT2D eigenvalue weighted by atomic mass is 9.83. The van der Waals surface area contributed by atoms with E-state index in [2.05, 4.69) is 64.3 Å². The molecular formula is C16H20BN. The first-order chi connectivity index (χ1) is 8.47. The van der Waals surface area contributed by atoms with E-state index in [9.17, 15) is 0 Å². The second-order valence-electron chi connectivity index (χ2n) is 5.77. The van der Waals surface area contributed by atoms with E-state index in [1.807, 2.05) is 18.2 Å². The smallest absolute Gasteiger partial charge is 0.142 e. The molecule has 0 bridgehead atoms. The van der Waals surface area contributed by atoms with Gasteiger partial charge in [-0.25, -0.2) is 0 Å². The molecular weight excluding hydrogens is 217 g/mol. The maximum Gasteiger partial charge on any atom is 0.142 e. The normalized spacial score (nSPS) is 11.3. The molecule has 2 heteroatoms. The highest BCUT2D eigenvalue weighted by Gasteiger charge is 2.14. The topological polar surface area (TPSA) is 12.0 Å². The summed E-state index contributed by atoms with van der Waals surface area (Å²) in [5.74, 6) is 0. The Labute approximate surface area is 111 Å². The monoisotopic (exact) mass is 237 g/mol. The quantitative estimate of drug-likeness (QED) is 0.792. The minimum atomic E-state index is 0.181. The van der Waals surface area contributed by atoms with E-state index in [0.29, 0.717) is 0 Å². The molecule has 0 amide bonds. The summed E-state index contributed by atoms with van der Waals surface area (Å²) < 4.78 is 0. The van der Waals surface area contributed by atoms with E-state index < -0.39 is 0 Å². The molecule has 0 radical (unpaired) electrons. The van der Waals surface area contributed by atoms with Crippen LogP contribution in [0.4, 0.5) is 11.4 Å². The van der Waals surface area contributed by atoms with Gasteiger partial charge in [-0.05, 0) is 29.2 Å². The Kier molecular flexibility index (Phi) is 3.47. The predicted molar refractivity (Wildman–Crippen MR) is 83.0 cm³/mol. The van der Waals surface area contributed by atoms with Gasteiger partial charge in [0, 0.05) is 11.4 Å². The average Bonchev–Trinajstić information content (AvgIpc) is 2.32. The van der Waals surface area contributed by atoms with Crippen molar-refractivity contribution in [1.82, 2.24) is 0 Å². The summed E-state index contributed by atoms with van der Waals surface area (Å²) in [6.07, 6.45) is 0. The minimum Gasteiger partial charge on any atom is -0.356 e. The molecule has 2 aromatic carbocycles. The molecule has 0 heterocycles. The fourth-order valence-electron chi connectivity index (χ4n) is 1.90. The predicted octanol–water partition coefficient (Wildman–Crippen LogP) is 2.99. The first-order valence-electron chi connectivity index (χ1n) is 6.40. The maximum atomic E-state index is 3.48. The number of hydrogen-bond donors (Lipinski definition) is 1. The van der Waals surface area contributed by atoms with Gasteiger partial charge in [-0.1, -0.05) is 56.6 Å². The van der Waals surface area contributed by atoms with Crippen LogP contribution in [0.25, 0.3) is 0 Å². The largest absolute Gasteiger partial charge is 0.356 e. The van der Waals surface area contributed by atoms with Crippen LogP contribution in [0.3, 0.4) is 0 Å². The highest BCUT2D eigenvalue weighted by atomic mass is 14.9. The lowest BCUT2D eigenvalue weighted by Crippen LogP contribution is -2.16. The van der Waals surface area contributed by atoms with E-state index >= 15 is 0 Å². The van der Waals surface area contributed by atoms with Crippen LogP contribution in [0.15, 0.2) is 48.5 Å². The van der Waals surface area contributed by atoms with E-state index in [0.717, 1.165) is 5.69 Å². The second kappa shape index (κ2) is 4.89. The summed E-state index contributed by atoms with van der Waals surface area (Å²) in [5, 5.41) is 3.48. The van der Waals surface area contributed by atoms with Crippen molar-refractivity contribution in [2.24, 2.45) is 0 Å². The van der Waals surface area contributed by atoms with Gasteiger partial charge in [0.2, 0.25) is 0 Å². The molecule has 92 valence electrons. The van der Waals surface area contributed by atoms with Crippen LogP contribution in [-0.4, -0.2) is 7.85 Å². The molecule has 1 N–H and O–H groups in total. The van der Waals surface area contributed by atoms with Crippen LogP contribution >= 0.6 is 0 Å². The summed E-state index contributed by atoms with van der Waals surface area (Å²) in [7, 11) is 2.14. The molecule has 0 aliphatic heterocycles. The molecule has 0 spiro atoms. The third kappa shape index (κ3) is 2.95. The van der Waals surface area contributed by atoms with Gasteiger partial charge in [0.1, 0.15) is 7.85 Å². The van der Waals surface area contributed by atoms with Gasteiger partial charge in [-0.2, -0.15) is 0 Å². The molecule has 18 heavy (non-hydrogen) atoms. The standard InChI is InChI=1S/C16H20BN/c1-16(2,3)12-9-10-14(17)15(11-12)18-13-7-5-4-6-8-13/h4-11,18H,17H2,1-3H3. The Bertz CT molecular complexity index is 527. The van der Waals surface area contributed by atoms with Crippen LogP contribution in [0.1, 0.15) is 26.3 Å². The first-order valence-corrected chi connectivity index (χ1v) is 6.40.